The topological polar surface area (TPSA) is 75.9 Å². The van der Waals surface area contributed by atoms with Crippen LogP contribution < -0.4 is 5.32 Å². The molecule has 0 radical (unpaired) electrons. The van der Waals surface area contributed by atoms with Gasteiger partial charge in [-0.05, 0) is 45.2 Å². The third kappa shape index (κ3) is 4.95. The average Bonchev–Trinajstić information content (AvgIpc) is 3.27. The number of benzene rings is 2. The Morgan fingerprint density at radius 3 is 2.54 bits per heavy atom. The molecule has 7 nitrogen and oxygen atoms in total. The van der Waals surface area contributed by atoms with E-state index < -0.39 is 0 Å². The molecule has 0 spiro atoms. The molecule has 1 fully saturated rings. The number of Topliss-reactive ketones (excluding diaryl/α,β-unsaturated/α-hetero) is 1. The van der Waals surface area contributed by atoms with Crippen molar-refractivity contribution in [3.63, 3.8) is 0 Å². The van der Waals surface area contributed by atoms with Crippen molar-refractivity contribution in [1.82, 2.24) is 24.4 Å². The van der Waals surface area contributed by atoms with Crippen molar-refractivity contribution in [2.24, 2.45) is 0 Å². The summed E-state index contributed by atoms with van der Waals surface area (Å²) in [6.07, 6.45) is 3.72. The van der Waals surface area contributed by atoms with Gasteiger partial charge < -0.3 is 9.88 Å². The van der Waals surface area contributed by atoms with Gasteiger partial charge in [-0.1, -0.05) is 48.5 Å². The number of carbonyl (C=O) groups excluding carboxylic acids is 1. The van der Waals surface area contributed by atoms with Gasteiger partial charge in [-0.2, -0.15) is 0 Å². The van der Waals surface area contributed by atoms with Crippen LogP contribution in [0.4, 0.5) is 5.82 Å². The SMILES string of the molecule is CC(=O)c1cccc(-c2nc3c(NC4CCN(Cc5ccccc5)CC4)ncnc3n2C(C)C)c1. The Kier molecular flexibility index (Phi) is 6.59. The molecular formula is C28H32N6O. The number of hydrogen-bond acceptors (Lipinski definition) is 6. The number of ketones is 1. The molecule has 1 saturated heterocycles. The van der Waals surface area contributed by atoms with E-state index in [1.54, 1.807) is 13.3 Å². The maximum Gasteiger partial charge on any atom is 0.166 e. The monoisotopic (exact) mass is 468 g/mol. The van der Waals surface area contributed by atoms with Gasteiger partial charge >= 0.3 is 0 Å². The van der Waals surface area contributed by atoms with E-state index in [1.165, 1.54) is 5.56 Å². The van der Waals surface area contributed by atoms with E-state index >= 15 is 0 Å². The first-order valence-electron chi connectivity index (χ1n) is 12.4. The third-order valence-electron chi connectivity index (χ3n) is 6.70. The Labute approximate surface area is 206 Å². The number of aromatic nitrogens is 4. The minimum absolute atomic E-state index is 0.0415. The van der Waals surface area contributed by atoms with Gasteiger partial charge in [-0.15, -0.1) is 0 Å². The fraction of sp³-hybridized carbons (Fsp3) is 0.357. The largest absolute Gasteiger partial charge is 0.365 e. The van der Waals surface area contributed by atoms with Gasteiger partial charge in [0.05, 0.1) is 0 Å². The van der Waals surface area contributed by atoms with E-state index in [9.17, 15) is 4.79 Å². The van der Waals surface area contributed by atoms with Gasteiger partial charge in [0.1, 0.15) is 12.2 Å². The summed E-state index contributed by atoms with van der Waals surface area (Å²) in [4.78, 5) is 28.6. The Balaban J connectivity index is 1.38. The van der Waals surface area contributed by atoms with Crippen molar-refractivity contribution >= 4 is 22.8 Å². The van der Waals surface area contributed by atoms with E-state index in [2.05, 4.69) is 68.9 Å². The van der Waals surface area contributed by atoms with Crippen LogP contribution in [0.3, 0.4) is 0 Å². The Morgan fingerprint density at radius 2 is 1.83 bits per heavy atom. The number of likely N-dealkylation sites (tertiary alicyclic amines) is 1. The molecule has 2 aromatic heterocycles. The highest BCUT2D eigenvalue weighted by Gasteiger charge is 2.23. The fourth-order valence-corrected chi connectivity index (χ4v) is 4.85. The second-order valence-corrected chi connectivity index (χ2v) is 9.61. The predicted molar refractivity (Wildman–Crippen MR) is 140 cm³/mol. The zero-order valence-corrected chi connectivity index (χ0v) is 20.6. The molecule has 3 heterocycles. The van der Waals surface area contributed by atoms with E-state index in [4.69, 9.17) is 4.98 Å². The summed E-state index contributed by atoms with van der Waals surface area (Å²) < 4.78 is 2.13. The van der Waals surface area contributed by atoms with E-state index in [1.807, 2.05) is 24.3 Å². The third-order valence-corrected chi connectivity index (χ3v) is 6.70. The quantitative estimate of drug-likeness (QED) is 0.368. The number of imidazole rings is 1. The van der Waals surface area contributed by atoms with Crippen LogP contribution in [0.5, 0.6) is 0 Å². The number of carbonyl (C=O) groups is 1. The number of rotatable bonds is 7. The van der Waals surface area contributed by atoms with Crippen LogP contribution in [-0.4, -0.2) is 49.3 Å². The van der Waals surface area contributed by atoms with Crippen molar-refractivity contribution in [2.45, 2.75) is 52.2 Å². The molecule has 0 amide bonds. The minimum atomic E-state index is 0.0415. The van der Waals surface area contributed by atoms with Crippen LogP contribution in [0, 0.1) is 0 Å². The van der Waals surface area contributed by atoms with E-state index in [0.29, 0.717) is 11.6 Å². The zero-order valence-electron chi connectivity index (χ0n) is 20.6. The van der Waals surface area contributed by atoms with Crippen molar-refractivity contribution in [3.05, 3.63) is 72.1 Å². The van der Waals surface area contributed by atoms with Crippen molar-refractivity contribution in [3.8, 4) is 11.4 Å². The van der Waals surface area contributed by atoms with Crippen molar-refractivity contribution < 1.29 is 4.79 Å². The summed E-state index contributed by atoms with van der Waals surface area (Å²) in [6, 6.07) is 18.8. The standard InChI is InChI=1S/C28H32N6O/c1-19(2)34-27(23-11-7-10-22(16-23)20(3)35)32-25-26(29-18-30-28(25)34)31-24-12-14-33(15-13-24)17-21-8-5-4-6-9-21/h4-11,16,18-19,24H,12-15,17H2,1-3H3,(H,29,30,31). The summed E-state index contributed by atoms with van der Waals surface area (Å²) in [5, 5.41) is 3.66. The zero-order chi connectivity index (χ0) is 24.4. The number of piperidine rings is 1. The molecule has 0 aliphatic carbocycles. The summed E-state index contributed by atoms with van der Waals surface area (Å²) in [7, 11) is 0. The molecule has 1 aliphatic rings. The molecule has 0 saturated carbocycles. The van der Waals surface area contributed by atoms with E-state index in [-0.39, 0.29) is 11.8 Å². The lowest BCUT2D eigenvalue weighted by Crippen LogP contribution is -2.38. The van der Waals surface area contributed by atoms with Crippen molar-refractivity contribution in [1.29, 1.82) is 0 Å². The molecule has 1 N–H and O–H groups in total. The lowest BCUT2D eigenvalue weighted by atomic mass is 10.0. The Hall–Kier alpha value is -3.58. The molecule has 0 bridgehead atoms. The highest BCUT2D eigenvalue weighted by atomic mass is 16.1. The highest BCUT2D eigenvalue weighted by Crippen LogP contribution is 2.31. The number of anilines is 1. The normalized spacial score (nSPS) is 15.1. The van der Waals surface area contributed by atoms with Gasteiger partial charge in [0.15, 0.2) is 22.8 Å². The lowest BCUT2D eigenvalue weighted by Gasteiger charge is -2.32. The first kappa shape index (κ1) is 23.2. The molecule has 5 rings (SSSR count). The van der Waals surface area contributed by atoms with Crippen LogP contribution in [-0.2, 0) is 6.54 Å². The molecule has 2 aromatic carbocycles. The summed E-state index contributed by atoms with van der Waals surface area (Å²) in [5.74, 6) is 1.62. The second-order valence-electron chi connectivity index (χ2n) is 9.61. The summed E-state index contributed by atoms with van der Waals surface area (Å²) in [5.41, 5.74) is 4.52. The Bertz CT molecular complexity index is 1320. The number of nitrogens with one attached hydrogen (secondary N) is 1. The number of fused-ring (bicyclic) bond motifs is 1. The smallest absolute Gasteiger partial charge is 0.166 e. The van der Waals surface area contributed by atoms with Gasteiger partial charge in [-0.25, -0.2) is 15.0 Å². The molecule has 35 heavy (non-hydrogen) atoms. The van der Waals surface area contributed by atoms with Crippen LogP contribution in [0.1, 0.15) is 55.6 Å². The summed E-state index contributed by atoms with van der Waals surface area (Å²) >= 11 is 0. The van der Waals surface area contributed by atoms with Crippen LogP contribution in [0.15, 0.2) is 60.9 Å². The second kappa shape index (κ2) is 9.96. The fourth-order valence-electron chi connectivity index (χ4n) is 4.85. The highest BCUT2D eigenvalue weighted by molar-refractivity contribution is 5.95. The van der Waals surface area contributed by atoms with Crippen LogP contribution in [0.25, 0.3) is 22.6 Å². The number of nitrogens with zero attached hydrogens (tertiary/aromatic N) is 5. The maximum atomic E-state index is 12.0. The van der Waals surface area contributed by atoms with Gasteiger partial charge in [-0.3, -0.25) is 9.69 Å². The summed E-state index contributed by atoms with van der Waals surface area (Å²) in [6.45, 7) is 8.92. The first-order valence-corrected chi connectivity index (χ1v) is 12.4. The van der Waals surface area contributed by atoms with E-state index in [0.717, 1.165) is 60.8 Å². The predicted octanol–water partition coefficient (Wildman–Crippen LogP) is 5.35. The molecule has 1 aliphatic heterocycles. The molecule has 4 aromatic rings. The van der Waals surface area contributed by atoms with Gasteiger partial charge in [0.2, 0.25) is 0 Å². The molecule has 180 valence electrons. The molecule has 0 unspecified atom stereocenters. The Morgan fingerprint density at radius 1 is 1.06 bits per heavy atom. The van der Waals surface area contributed by atoms with Crippen LogP contribution >= 0.6 is 0 Å². The molecular weight excluding hydrogens is 436 g/mol. The van der Waals surface area contributed by atoms with Gasteiger partial charge in [0, 0.05) is 42.8 Å². The van der Waals surface area contributed by atoms with Crippen molar-refractivity contribution in [2.75, 3.05) is 18.4 Å². The lowest BCUT2D eigenvalue weighted by molar-refractivity contribution is 0.101. The molecule has 7 heteroatoms. The number of hydrogen-bond donors (Lipinski definition) is 1. The van der Waals surface area contributed by atoms with Crippen LogP contribution in [0.2, 0.25) is 0 Å². The molecule has 0 atom stereocenters. The van der Waals surface area contributed by atoms with Gasteiger partial charge in [0.25, 0.3) is 0 Å². The average molecular weight is 469 g/mol. The minimum Gasteiger partial charge on any atom is -0.365 e. The maximum absolute atomic E-state index is 12.0. The first-order chi connectivity index (χ1) is 17.0.